The third-order valence-corrected chi connectivity index (χ3v) is 5.55. The second-order valence-corrected chi connectivity index (χ2v) is 7.11. The van der Waals surface area contributed by atoms with Gasteiger partial charge in [-0.25, -0.2) is 0 Å². The molecule has 1 aliphatic heterocycles. The van der Waals surface area contributed by atoms with E-state index < -0.39 is 11.5 Å². The van der Waals surface area contributed by atoms with Crippen molar-refractivity contribution in [1.29, 1.82) is 5.26 Å². The van der Waals surface area contributed by atoms with E-state index in [-0.39, 0.29) is 11.7 Å². The number of ketones is 1. The SMILES string of the molecule is CCN(CC)C(=O)C1(C#N)NC2=C(C(=O)CCC2)C1c1ccc(Cl)cc1. The van der Waals surface area contributed by atoms with Gasteiger partial charge in [0.25, 0.3) is 5.91 Å². The van der Waals surface area contributed by atoms with Gasteiger partial charge < -0.3 is 10.2 Å². The zero-order valence-electron chi connectivity index (χ0n) is 15.0. The molecule has 3 rings (SSSR count). The van der Waals surface area contributed by atoms with Gasteiger partial charge in [0.1, 0.15) is 6.07 Å². The van der Waals surface area contributed by atoms with E-state index in [1.54, 1.807) is 29.2 Å². The maximum absolute atomic E-state index is 13.3. The van der Waals surface area contributed by atoms with Gasteiger partial charge in [-0.1, -0.05) is 23.7 Å². The summed E-state index contributed by atoms with van der Waals surface area (Å²) in [7, 11) is 0. The summed E-state index contributed by atoms with van der Waals surface area (Å²) in [5, 5.41) is 13.9. The number of nitriles is 1. The molecule has 0 saturated carbocycles. The van der Waals surface area contributed by atoms with Crippen LogP contribution in [0.5, 0.6) is 0 Å². The number of rotatable bonds is 4. The lowest BCUT2D eigenvalue weighted by atomic mass is 9.74. The Morgan fingerprint density at radius 3 is 2.54 bits per heavy atom. The van der Waals surface area contributed by atoms with Crippen LogP contribution in [0.3, 0.4) is 0 Å². The molecule has 1 aliphatic carbocycles. The van der Waals surface area contributed by atoms with Gasteiger partial charge in [-0.15, -0.1) is 0 Å². The molecule has 1 amide bonds. The topological polar surface area (TPSA) is 73.2 Å². The average molecular weight is 372 g/mol. The number of carbonyl (C=O) groups is 2. The molecule has 2 aliphatic rings. The first kappa shape index (κ1) is 18.5. The summed E-state index contributed by atoms with van der Waals surface area (Å²) >= 11 is 6.01. The Labute approximate surface area is 158 Å². The van der Waals surface area contributed by atoms with E-state index in [0.717, 1.165) is 17.7 Å². The van der Waals surface area contributed by atoms with E-state index >= 15 is 0 Å². The highest BCUT2D eigenvalue weighted by Crippen LogP contribution is 2.46. The number of nitrogens with zero attached hydrogens (tertiary/aromatic N) is 2. The lowest BCUT2D eigenvalue weighted by Gasteiger charge is -2.34. The summed E-state index contributed by atoms with van der Waals surface area (Å²) in [6.07, 6.45) is 1.87. The van der Waals surface area contributed by atoms with E-state index in [0.29, 0.717) is 36.5 Å². The largest absolute Gasteiger partial charge is 0.362 e. The highest BCUT2D eigenvalue weighted by atomic mass is 35.5. The van der Waals surface area contributed by atoms with Gasteiger partial charge in [0.05, 0.1) is 5.92 Å². The summed E-state index contributed by atoms with van der Waals surface area (Å²) < 4.78 is 0. The van der Waals surface area contributed by atoms with Crippen LogP contribution in [-0.2, 0) is 9.59 Å². The van der Waals surface area contributed by atoms with Gasteiger partial charge >= 0.3 is 0 Å². The Bertz CT molecular complexity index is 805. The molecule has 0 radical (unpaired) electrons. The van der Waals surface area contributed by atoms with Crippen molar-refractivity contribution in [3.63, 3.8) is 0 Å². The summed E-state index contributed by atoms with van der Waals surface area (Å²) in [5.41, 5.74) is 0.581. The van der Waals surface area contributed by atoms with Crippen molar-refractivity contribution in [3.8, 4) is 6.07 Å². The van der Waals surface area contributed by atoms with Crippen LogP contribution in [0.2, 0.25) is 5.02 Å². The fourth-order valence-electron chi connectivity index (χ4n) is 4.00. The molecule has 0 aromatic heterocycles. The summed E-state index contributed by atoms with van der Waals surface area (Å²) in [4.78, 5) is 27.7. The monoisotopic (exact) mass is 371 g/mol. The Kier molecular flexibility index (Phi) is 5.06. The normalized spacial score (nSPS) is 24.7. The van der Waals surface area contributed by atoms with Crippen molar-refractivity contribution in [1.82, 2.24) is 10.2 Å². The molecule has 6 heteroatoms. The van der Waals surface area contributed by atoms with Crippen molar-refractivity contribution >= 4 is 23.3 Å². The smallest absolute Gasteiger partial charge is 0.264 e. The van der Waals surface area contributed by atoms with Crippen LogP contribution in [0, 0.1) is 11.3 Å². The Balaban J connectivity index is 2.17. The Morgan fingerprint density at radius 1 is 1.31 bits per heavy atom. The minimum atomic E-state index is -1.50. The highest BCUT2D eigenvalue weighted by Gasteiger charge is 2.57. The summed E-state index contributed by atoms with van der Waals surface area (Å²) in [5.74, 6) is -0.893. The van der Waals surface area contributed by atoms with Gasteiger partial charge in [0, 0.05) is 35.8 Å². The molecule has 1 heterocycles. The van der Waals surface area contributed by atoms with Crippen LogP contribution < -0.4 is 5.32 Å². The standard InChI is InChI=1S/C20H22ClN3O2/c1-3-24(4-2)19(26)20(12-22)18(13-8-10-14(21)11-9-13)17-15(23-20)6-5-7-16(17)25/h8-11,18,23H,3-7H2,1-2H3. The number of nitrogens with one attached hydrogen (secondary N) is 1. The number of benzene rings is 1. The van der Waals surface area contributed by atoms with E-state index in [1.807, 2.05) is 13.8 Å². The quantitative estimate of drug-likeness (QED) is 0.882. The number of halogens is 1. The van der Waals surface area contributed by atoms with Crippen molar-refractivity contribution in [2.75, 3.05) is 13.1 Å². The molecular weight excluding hydrogens is 350 g/mol. The van der Waals surface area contributed by atoms with Crippen LogP contribution in [0.1, 0.15) is 44.6 Å². The van der Waals surface area contributed by atoms with Crippen LogP contribution in [0.4, 0.5) is 0 Å². The molecular formula is C20H22ClN3O2. The Morgan fingerprint density at radius 2 is 1.96 bits per heavy atom. The molecule has 1 aromatic carbocycles. The van der Waals surface area contributed by atoms with E-state index in [9.17, 15) is 14.9 Å². The van der Waals surface area contributed by atoms with Crippen molar-refractivity contribution < 1.29 is 9.59 Å². The molecule has 0 saturated heterocycles. The zero-order valence-corrected chi connectivity index (χ0v) is 15.8. The van der Waals surface area contributed by atoms with Crippen molar-refractivity contribution in [3.05, 3.63) is 46.1 Å². The number of likely N-dealkylation sites (N-methyl/N-ethyl adjacent to an activating group) is 1. The third kappa shape index (κ3) is 2.79. The number of allylic oxidation sites excluding steroid dienone is 1. The molecule has 136 valence electrons. The average Bonchev–Trinajstić information content (AvgIpc) is 3.00. The van der Waals surface area contributed by atoms with E-state index in [4.69, 9.17) is 11.6 Å². The van der Waals surface area contributed by atoms with Gasteiger partial charge in [0.2, 0.25) is 5.54 Å². The molecule has 5 nitrogen and oxygen atoms in total. The molecule has 1 aromatic rings. The van der Waals surface area contributed by atoms with E-state index in [1.165, 1.54) is 0 Å². The van der Waals surface area contributed by atoms with Crippen LogP contribution in [0.25, 0.3) is 0 Å². The number of carbonyl (C=O) groups excluding carboxylic acids is 2. The summed E-state index contributed by atoms with van der Waals surface area (Å²) in [6, 6.07) is 9.29. The van der Waals surface area contributed by atoms with Crippen LogP contribution in [0.15, 0.2) is 35.5 Å². The minimum Gasteiger partial charge on any atom is -0.362 e. The maximum Gasteiger partial charge on any atom is 0.264 e. The lowest BCUT2D eigenvalue weighted by Crippen LogP contribution is -2.57. The van der Waals surface area contributed by atoms with Crippen molar-refractivity contribution in [2.45, 2.75) is 44.6 Å². The number of amides is 1. The molecule has 0 fully saturated rings. The van der Waals surface area contributed by atoms with Gasteiger partial charge in [-0.05, 0) is 44.4 Å². The lowest BCUT2D eigenvalue weighted by molar-refractivity contribution is -0.135. The third-order valence-electron chi connectivity index (χ3n) is 5.29. The molecule has 2 unspecified atom stereocenters. The second kappa shape index (κ2) is 7.13. The van der Waals surface area contributed by atoms with Crippen molar-refractivity contribution in [2.24, 2.45) is 0 Å². The first-order chi connectivity index (χ1) is 12.5. The first-order valence-electron chi connectivity index (χ1n) is 8.99. The Hall–Kier alpha value is -2.32. The first-order valence-corrected chi connectivity index (χ1v) is 9.36. The number of Topliss-reactive ketones (excluding diaryl/α,β-unsaturated/α-hetero) is 1. The molecule has 26 heavy (non-hydrogen) atoms. The second-order valence-electron chi connectivity index (χ2n) is 6.68. The van der Waals surface area contributed by atoms with Gasteiger partial charge in [-0.2, -0.15) is 5.26 Å². The van der Waals surface area contributed by atoms with E-state index in [2.05, 4.69) is 11.4 Å². The minimum absolute atomic E-state index is 0.0168. The maximum atomic E-state index is 13.3. The van der Waals surface area contributed by atoms with Gasteiger partial charge in [-0.3, -0.25) is 9.59 Å². The molecule has 1 N–H and O–H groups in total. The predicted molar refractivity (Wildman–Crippen MR) is 99.5 cm³/mol. The van der Waals surface area contributed by atoms with Crippen LogP contribution >= 0.6 is 11.6 Å². The molecule has 2 atom stereocenters. The highest BCUT2D eigenvalue weighted by molar-refractivity contribution is 6.30. The fourth-order valence-corrected chi connectivity index (χ4v) is 4.13. The van der Waals surface area contributed by atoms with Gasteiger partial charge in [0.15, 0.2) is 5.78 Å². The molecule has 0 spiro atoms. The fraction of sp³-hybridized carbons (Fsp3) is 0.450. The summed E-state index contributed by atoms with van der Waals surface area (Å²) in [6.45, 7) is 4.78. The predicted octanol–water partition coefficient (Wildman–Crippen LogP) is 3.16. The van der Waals surface area contributed by atoms with Crippen LogP contribution in [-0.4, -0.2) is 35.2 Å². The zero-order chi connectivity index (χ0) is 18.9. The number of hydrogen-bond acceptors (Lipinski definition) is 4. The molecule has 0 bridgehead atoms. The number of hydrogen-bond donors (Lipinski definition) is 1.